The second kappa shape index (κ2) is 5.73. The zero-order valence-electron chi connectivity index (χ0n) is 18.4. The molecule has 0 fully saturated rings. The maximum absolute atomic E-state index is 2.56. The van der Waals surface area contributed by atoms with Crippen LogP contribution in [0.15, 0.2) is 72.9 Å². The van der Waals surface area contributed by atoms with E-state index in [2.05, 4.69) is 98.3 Å². The fourth-order valence-corrected chi connectivity index (χ4v) is 6.75. The molecule has 31 heavy (non-hydrogen) atoms. The summed E-state index contributed by atoms with van der Waals surface area (Å²) in [6, 6.07) is 25.5. The first-order valence-electron chi connectivity index (χ1n) is 11.4. The molecule has 0 radical (unpaired) electrons. The van der Waals surface area contributed by atoms with E-state index in [1.807, 2.05) is 0 Å². The molecular formula is C30H26N+. The number of aromatic nitrogens is 1. The minimum Gasteiger partial charge on any atom is -0.192 e. The van der Waals surface area contributed by atoms with Crippen LogP contribution in [0.1, 0.15) is 70.0 Å². The number of aryl methyl sites for hydroxylation is 1. The Hall–Kier alpha value is -3.19. The molecule has 7 rings (SSSR count). The maximum atomic E-state index is 2.56. The fraction of sp³-hybridized carbons (Fsp3) is 0.233. The van der Waals surface area contributed by atoms with Crippen LogP contribution in [0.3, 0.4) is 0 Å². The Labute approximate surface area is 184 Å². The first-order chi connectivity index (χ1) is 15.0. The van der Waals surface area contributed by atoms with Gasteiger partial charge in [0.15, 0.2) is 17.4 Å². The van der Waals surface area contributed by atoms with Crippen molar-refractivity contribution in [2.45, 2.75) is 45.1 Å². The lowest BCUT2D eigenvalue weighted by Crippen LogP contribution is -2.60. The minimum atomic E-state index is -0.0486. The molecule has 1 aromatic heterocycles. The molecule has 0 spiro atoms. The predicted molar refractivity (Wildman–Crippen MR) is 125 cm³/mol. The van der Waals surface area contributed by atoms with Crippen LogP contribution in [0.2, 0.25) is 0 Å². The van der Waals surface area contributed by atoms with Gasteiger partial charge in [-0.15, -0.1) is 0 Å². The molecule has 150 valence electrons. The molecule has 0 N–H and O–H groups in total. The fourth-order valence-electron chi connectivity index (χ4n) is 6.75. The first kappa shape index (κ1) is 17.5. The molecule has 1 atom stereocenters. The van der Waals surface area contributed by atoms with Gasteiger partial charge in [-0.3, -0.25) is 0 Å². The summed E-state index contributed by atoms with van der Waals surface area (Å²) in [5, 5.41) is 0. The molecule has 1 heteroatoms. The quantitative estimate of drug-likeness (QED) is 0.274. The molecule has 1 nitrogen and oxygen atoms in total. The smallest absolute Gasteiger partial charge is 0.192 e. The summed E-state index contributed by atoms with van der Waals surface area (Å²) in [6.07, 6.45) is 4.38. The lowest BCUT2D eigenvalue weighted by molar-refractivity contribution is -0.757. The van der Waals surface area contributed by atoms with Crippen molar-refractivity contribution >= 4 is 0 Å². The van der Waals surface area contributed by atoms with Crippen LogP contribution in [0.4, 0.5) is 0 Å². The van der Waals surface area contributed by atoms with E-state index in [1.165, 1.54) is 61.3 Å². The van der Waals surface area contributed by atoms with Crippen LogP contribution < -0.4 is 4.57 Å². The van der Waals surface area contributed by atoms with Crippen LogP contribution in [0.5, 0.6) is 0 Å². The molecule has 4 aromatic rings. The molecule has 3 aliphatic rings. The third kappa shape index (κ3) is 2.14. The summed E-state index contributed by atoms with van der Waals surface area (Å²) in [6.45, 7) is 7.04. The van der Waals surface area contributed by atoms with Gasteiger partial charge in [-0.2, -0.15) is 4.57 Å². The van der Waals surface area contributed by atoms with Crippen LogP contribution in [-0.2, 0) is 18.4 Å². The minimum absolute atomic E-state index is 0.0486. The first-order valence-corrected chi connectivity index (χ1v) is 11.4. The molecule has 2 heterocycles. The Balaban J connectivity index is 1.54. The van der Waals surface area contributed by atoms with E-state index in [0.29, 0.717) is 5.92 Å². The monoisotopic (exact) mass is 400 g/mol. The molecule has 1 aliphatic heterocycles. The summed E-state index contributed by atoms with van der Waals surface area (Å²) in [4.78, 5) is 0. The van der Waals surface area contributed by atoms with Crippen molar-refractivity contribution in [3.8, 4) is 11.1 Å². The van der Waals surface area contributed by atoms with Crippen LogP contribution in [-0.4, -0.2) is 0 Å². The van der Waals surface area contributed by atoms with Gasteiger partial charge < -0.3 is 0 Å². The zero-order chi connectivity index (χ0) is 20.9. The summed E-state index contributed by atoms with van der Waals surface area (Å²) in [5.74, 6) is 0.317. The number of hydrogen-bond donors (Lipinski definition) is 0. The molecule has 0 amide bonds. The largest absolute Gasteiger partial charge is 0.197 e. The number of benzene rings is 3. The van der Waals surface area contributed by atoms with Gasteiger partial charge in [0.2, 0.25) is 0 Å². The molecule has 1 unspecified atom stereocenters. The molecule has 0 bridgehead atoms. The van der Waals surface area contributed by atoms with Crippen molar-refractivity contribution in [1.82, 2.24) is 0 Å². The van der Waals surface area contributed by atoms with Crippen molar-refractivity contribution in [2.75, 3.05) is 0 Å². The third-order valence-electron chi connectivity index (χ3n) is 7.97. The van der Waals surface area contributed by atoms with E-state index < -0.39 is 0 Å². The van der Waals surface area contributed by atoms with Gasteiger partial charge >= 0.3 is 0 Å². The Morgan fingerprint density at radius 3 is 2.45 bits per heavy atom. The molecule has 3 aromatic carbocycles. The Morgan fingerprint density at radius 1 is 0.742 bits per heavy atom. The average Bonchev–Trinajstić information content (AvgIpc) is 3.12. The van der Waals surface area contributed by atoms with E-state index >= 15 is 0 Å². The van der Waals surface area contributed by atoms with Gasteiger partial charge in [0.25, 0.3) is 0 Å². The topological polar surface area (TPSA) is 3.88 Å². The van der Waals surface area contributed by atoms with Crippen molar-refractivity contribution in [3.05, 3.63) is 123 Å². The van der Waals surface area contributed by atoms with Gasteiger partial charge in [-0.05, 0) is 63.9 Å². The predicted octanol–water partition coefficient (Wildman–Crippen LogP) is 6.03. The highest BCUT2D eigenvalue weighted by Crippen LogP contribution is 2.49. The summed E-state index contributed by atoms with van der Waals surface area (Å²) >= 11 is 0. The average molecular weight is 401 g/mol. The molecule has 2 aliphatic carbocycles. The molecule has 0 saturated heterocycles. The summed E-state index contributed by atoms with van der Waals surface area (Å²) < 4.78 is 2.56. The van der Waals surface area contributed by atoms with Crippen LogP contribution in [0.25, 0.3) is 11.1 Å². The highest BCUT2D eigenvalue weighted by atomic mass is 15.1. The second-order valence-corrected chi connectivity index (χ2v) is 10.0. The highest BCUT2D eigenvalue weighted by molar-refractivity contribution is 5.78. The summed E-state index contributed by atoms with van der Waals surface area (Å²) in [5.41, 5.74) is 16.1. The Bertz CT molecular complexity index is 1420. The SMILES string of the molecule is Cc1cccc2c1C(C)(C)[n+]1cccc3c1C2c1cc2c(cc1C3)-c1ccccc1C2. The zero-order valence-corrected chi connectivity index (χ0v) is 18.4. The second-order valence-electron chi connectivity index (χ2n) is 10.0. The van der Waals surface area contributed by atoms with Crippen molar-refractivity contribution < 1.29 is 4.57 Å². The number of rotatable bonds is 0. The number of fused-ring (bicyclic) bond motifs is 7. The van der Waals surface area contributed by atoms with Crippen molar-refractivity contribution in [2.24, 2.45) is 0 Å². The standard InChI is InChI=1S/C30H26N/c1-18-8-6-12-24-27-26-17-21-14-19-9-4-5-11-23(19)25(21)16-22(26)15-20-10-7-13-31(29(20)27)30(2,3)28(18)24/h4-13,16-17,27H,14-15H2,1-3H3/q+1. The van der Waals surface area contributed by atoms with Gasteiger partial charge in [-0.25, -0.2) is 0 Å². The lowest BCUT2D eigenvalue weighted by atomic mass is 9.68. The van der Waals surface area contributed by atoms with E-state index in [4.69, 9.17) is 0 Å². The third-order valence-corrected chi connectivity index (χ3v) is 7.97. The number of nitrogens with zero attached hydrogens (tertiary/aromatic N) is 1. The molecular weight excluding hydrogens is 374 g/mol. The van der Waals surface area contributed by atoms with Crippen molar-refractivity contribution in [3.63, 3.8) is 0 Å². The van der Waals surface area contributed by atoms with Crippen molar-refractivity contribution in [1.29, 1.82) is 0 Å². The van der Waals surface area contributed by atoms with E-state index in [1.54, 1.807) is 0 Å². The van der Waals surface area contributed by atoms with Gasteiger partial charge in [0, 0.05) is 37.5 Å². The van der Waals surface area contributed by atoms with Gasteiger partial charge in [0.1, 0.15) is 0 Å². The normalized spacial score (nSPS) is 18.5. The lowest BCUT2D eigenvalue weighted by Gasteiger charge is -2.38. The van der Waals surface area contributed by atoms with Gasteiger partial charge in [-0.1, -0.05) is 54.6 Å². The van der Waals surface area contributed by atoms with E-state index in [9.17, 15) is 0 Å². The van der Waals surface area contributed by atoms with Crippen LogP contribution in [0, 0.1) is 6.92 Å². The Morgan fingerprint density at radius 2 is 1.55 bits per heavy atom. The molecule has 0 saturated carbocycles. The number of hydrogen-bond acceptors (Lipinski definition) is 0. The van der Waals surface area contributed by atoms with Gasteiger partial charge in [0.05, 0.1) is 5.92 Å². The van der Waals surface area contributed by atoms with Crippen LogP contribution >= 0.6 is 0 Å². The summed E-state index contributed by atoms with van der Waals surface area (Å²) in [7, 11) is 0. The number of pyridine rings is 1. The maximum Gasteiger partial charge on any atom is 0.197 e. The van der Waals surface area contributed by atoms with E-state index in [0.717, 1.165) is 12.8 Å². The Kier molecular flexibility index (Phi) is 3.23. The highest BCUT2D eigenvalue weighted by Gasteiger charge is 2.48. The van der Waals surface area contributed by atoms with E-state index in [-0.39, 0.29) is 5.54 Å².